The molecule has 2 rings (SSSR count). The van der Waals surface area contributed by atoms with E-state index in [1.807, 2.05) is 30.5 Å². The number of rotatable bonds is 3. The van der Waals surface area contributed by atoms with Gasteiger partial charge < -0.3 is 10.1 Å². The van der Waals surface area contributed by atoms with Crippen LogP contribution in [-0.4, -0.2) is 18.1 Å². The van der Waals surface area contributed by atoms with Gasteiger partial charge in [0.15, 0.2) is 0 Å². The van der Waals surface area contributed by atoms with Gasteiger partial charge >= 0.3 is 0 Å². The van der Waals surface area contributed by atoms with E-state index in [0.29, 0.717) is 6.04 Å². The van der Waals surface area contributed by atoms with Crippen LogP contribution in [0.25, 0.3) is 10.8 Å². The molecule has 3 heteroatoms. The van der Waals surface area contributed by atoms with Crippen LogP contribution in [0.1, 0.15) is 13.8 Å². The molecule has 1 aromatic carbocycles. The third-order valence-electron chi connectivity index (χ3n) is 2.40. The predicted octanol–water partition coefficient (Wildman–Crippen LogP) is 3.06. The van der Waals surface area contributed by atoms with Crippen molar-refractivity contribution >= 4 is 16.6 Å². The van der Waals surface area contributed by atoms with E-state index >= 15 is 0 Å². The molecule has 0 bridgehead atoms. The van der Waals surface area contributed by atoms with Crippen LogP contribution in [0.4, 0.5) is 5.82 Å². The number of hydrogen-bond acceptors (Lipinski definition) is 3. The van der Waals surface area contributed by atoms with Gasteiger partial charge in [-0.2, -0.15) is 0 Å². The molecule has 0 spiro atoms. The molecule has 0 atom stereocenters. The summed E-state index contributed by atoms with van der Waals surface area (Å²) in [5.74, 6) is 1.80. The number of methoxy groups -OCH3 is 1. The predicted molar refractivity (Wildman–Crippen MR) is 67.1 cm³/mol. The maximum Gasteiger partial charge on any atom is 0.134 e. The van der Waals surface area contributed by atoms with Crippen molar-refractivity contribution in [3.05, 3.63) is 30.5 Å². The topological polar surface area (TPSA) is 34.1 Å². The Balaban J connectivity index is 2.51. The number of ether oxygens (including phenoxy) is 1. The highest BCUT2D eigenvalue weighted by molar-refractivity contribution is 5.92. The summed E-state index contributed by atoms with van der Waals surface area (Å²) in [5, 5.41) is 5.59. The van der Waals surface area contributed by atoms with E-state index in [2.05, 4.69) is 24.1 Å². The SMILES string of the molecule is COc1ccc2c(NC(C)C)nccc2c1. The van der Waals surface area contributed by atoms with Crippen molar-refractivity contribution in [3.8, 4) is 5.75 Å². The summed E-state index contributed by atoms with van der Waals surface area (Å²) in [4.78, 5) is 4.35. The van der Waals surface area contributed by atoms with Gasteiger partial charge in [0.05, 0.1) is 7.11 Å². The number of nitrogens with one attached hydrogen (secondary N) is 1. The number of benzene rings is 1. The van der Waals surface area contributed by atoms with Crippen LogP contribution in [0.5, 0.6) is 5.75 Å². The molecule has 2 aromatic rings. The molecule has 0 amide bonds. The molecular formula is C13H16N2O. The fourth-order valence-corrected chi connectivity index (χ4v) is 1.67. The van der Waals surface area contributed by atoms with Crippen LogP contribution < -0.4 is 10.1 Å². The first-order valence-corrected chi connectivity index (χ1v) is 5.40. The highest BCUT2D eigenvalue weighted by Crippen LogP contribution is 2.25. The number of nitrogens with zero attached hydrogens (tertiary/aromatic N) is 1. The second-order valence-corrected chi connectivity index (χ2v) is 4.05. The summed E-state index contributed by atoms with van der Waals surface area (Å²) in [6, 6.07) is 8.37. The number of fused-ring (bicyclic) bond motifs is 1. The Labute approximate surface area is 95.5 Å². The lowest BCUT2D eigenvalue weighted by Gasteiger charge is -2.11. The molecule has 3 nitrogen and oxygen atoms in total. The van der Waals surface area contributed by atoms with Gasteiger partial charge in [0.25, 0.3) is 0 Å². The molecule has 0 aliphatic carbocycles. The number of anilines is 1. The summed E-state index contributed by atoms with van der Waals surface area (Å²) < 4.78 is 5.20. The number of aromatic nitrogens is 1. The largest absolute Gasteiger partial charge is 0.497 e. The molecular weight excluding hydrogens is 200 g/mol. The van der Waals surface area contributed by atoms with Crippen molar-refractivity contribution in [2.45, 2.75) is 19.9 Å². The van der Waals surface area contributed by atoms with Crippen molar-refractivity contribution in [2.24, 2.45) is 0 Å². The molecule has 0 unspecified atom stereocenters. The first-order chi connectivity index (χ1) is 7.70. The van der Waals surface area contributed by atoms with Crippen LogP contribution in [0.15, 0.2) is 30.5 Å². The van der Waals surface area contributed by atoms with E-state index in [1.165, 1.54) is 0 Å². The molecule has 16 heavy (non-hydrogen) atoms. The lowest BCUT2D eigenvalue weighted by molar-refractivity contribution is 0.415. The van der Waals surface area contributed by atoms with Crippen molar-refractivity contribution in [1.29, 1.82) is 0 Å². The molecule has 0 radical (unpaired) electrons. The normalized spacial score (nSPS) is 10.8. The average Bonchev–Trinajstić information content (AvgIpc) is 2.28. The van der Waals surface area contributed by atoms with E-state index < -0.39 is 0 Å². The van der Waals surface area contributed by atoms with E-state index in [1.54, 1.807) is 7.11 Å². The average molecular weight is 216 g/mol. The molecule has 1 N–H and O–H groups in total. The second kappa shape index (κ2) is 4.39. The summed E-state index contributed by atoms with van der Waals surface area (Å²) in [7, 11) is 1.68. The Hall–Kier alpha value is -1.77. The van der Waals surface area contributed by atoms with Gasteiger partial charge in [-0.1, -0.05) is 0 Å². The molecule has 0 aliphatic rings. The summed E-state index contributed by atoms with van der Waals surface area (Å²) >= 11 is 0. The first kappa shape index (κ1) is 10.7. The van der Waals surface area contributed by atoms with Gasteiger partial charge in [-0.3, -0.25) is 0 Å². The lowest BCUT2D eigenvalue weighted by Crippen LogP contribution is -2.11. The van der Waals surface area contributed by atoms with Crippen LogP contribution in [0.3, 0.4) is 0 Å². The van der Waals surface area contributed by atoms with Crippen molar-refractivity contribution < 1.29 is 4.74 Å². The minimum Gasteiger partial charge on any atom is -0.497 e. The van der Waals surface area contributed by atoms with Gasteiger partial charge in [-0.15, -0.1) is 0 Å². The quantitative estimate of drug-likeness (QED) is 0.856. The van der Waals surface area contributed by atoms with E-state index in [0.717, 1.165) is 22.3 Å². The smallest absolute Gasteiger partial charge is 0.134 e. The van der Waals surface area contributed by atoms with Gasteiger partial charge in [-0.05, 0) is 43.5 Å². The fraction of sp³-hybridized carbons (Fsp3) is 0.308. The molecule has 0 aliphatic heterocycles. The first-order valence-electron chi connectivity index (χ1n) is 5.40. The van der Waals surface area contributed by atoms with E-state index in [4.69, 9.17) is 4.74 Å². The minimum absolute atomic E-state index is 0.375. The van der Waals surface area contributed by atoms with Crippen LogP contribution in [0.2, 0.25) is 0 Å². The van der Waals surface area contributed by atoms with E-state index in [9.17, 15) is 0 Å². The summed E-state index contributed by atoms with van der Waals surface area (Å²) in [5.41, 5.74) is 0. The lowest BCUT2D eigenvalue weighted by atomic mass is 10.1. The standard InChI is InChI=1S/C13H16N2O/c1-9(2)15-13-12-5-4-11(16-3)8-10(12)6-7-14-13/h4-9H,1-3H3,(H,14,15). The maximum atomic E-state index is 5.20. The third-order valence-corrected chi connectivity index (χ3v) is 2.40. The number of pyridine rings is 1. The Morgan fingerprint density at radius 2 is 2.06 bits per heavy atom. The summed E-state index contributed by atoms with van der Waals surface area (Å²) in [6.07, 6.45) is 1.81. The van der Waals surface area contributed by atoms with Gasteiger partial charge in [0, 0.05) is 17.6 Å². The molecule has 1 aromatic heterocycles. The van der Waals surface area contributed by atoms with Gasteiger partial charge in [0.2, 0.25) is 0 Å². The zero-order chi connectivity index (χ0) is 11.5. The second-order valence-electron chi connectivity index (χ2n) is 4.05. The van der Waals surface area contributed by atoms with E-state index in [-0.39, 0.29) is 0 Å². The summed E-state index contributed by atoms with van der Waals surface area (Å²) in [6.45, 7) is 4.20. The molecule has 1 heterocycles. The Bertz CT molecular complexity index is 494. The number of hydrogen-bond donors (Lipinski definition) is 1. The highest BCUT2D eigenvalue weighted by atomic mass is 16.5. The van der Waals surface area contributed by atoms with Crippen LogP contribution >= 0.6 is 0 Å². The highest BCUT2D eigenvalue weighted by Gasteiger charge is 2.04. The Morgan fingerprint density at radius 1 is 1.25 bits per heavy atom. The Kier molecular flexibility index (Phi) is 2.95. The van der Waals surface area contributed by atoms with Gasteiger partial charge in [-0.25, -0.2) is 4.98 Å². The van der Waals surface area contributed by atoms with Crippen LogP contribution in [-0.2, 0) is 0 Å². The zero-order valence-electron chi connectivity index (χ0n) is 9.82. The monoisotopic (exact) mass is 216 g/mol. The van der Waals surface area contributed by atoms with Crippen molar-refractivity contribution in [1.82, 2.24) is 4.98 Å². The molecule has 84 valence electrons. The Morgan fingerprint density at radius 3 is 2.75 bits per heavy atom. The zero-order valence-corrected chi connectivity index (χ0v) is 9.82. The molecule has 0 saturated heterocycles. The van der Waals surface area contributed by atoms with Crippen molar-refractivity contribution in [3.63, 3.8) is 0 Å². The fourth-order valence-electron chi connectivity index (χ4n) is 1.67. The van der Waals surface area contributed by atoms with Crippen molar-refractivity contribution in [2.75, 3.05) is 12.4 Å². The third kappa shape index (κ3) is 2.08. The maximum absolute atomic E-state index is 5.20. The molecule has 0 saturated carbocycles. The minimum atomic E-state index is 0.375. The van der Waals surface area contributed by atoms with Gasteiger partial charge in [0.1, 0.15) is 11.6 Å². The van der Waals surface area contributed by atoms with Crippen LogP contribution in [0, 0.1) is 0 Å². The molecule has 0 fully saturated rings.